The lowest BCUT2D eigenvalue weighted by molar-refractivity contribution is -0.117. The van der Waals surface area contributed by atoms with Gasteiger partial charge in [0.15, 0.2) is 11.5 Å². The molecule has 4 rings (SSSR count). The molecule has 2 amide bonds. The molecule has 2 aromatic carbocycles. The molecule has 2 heterocycles. The molecule has 2 N–H and O–H groups in total. The Morgan fingerprint density at radius 1 is 1.16 bits per heavy atom. The Hall–Kier alpha value is -4.38. The van der Waals surface area contributed by atoms with E-state index in [0.29, 0.717) is 40.7 Å². The van der Waals surface area contributed by atoms with Crippen molar-refractivity contribution in [1.82, 2.24) is 4.98 Å². The number of nitrogens with zero attached hydrogens (tertiary/aromatic N) is 3. The molecule has 160 valence electrons. The molecule has 1 aliphatic rings. The highest BCUT2D eigenvalue weighted by molar-refractivity contribution is 5.98. The standard InChI is InChI=1S/C24H20N4O4/c1-31-20-7-6-15(10-21(20)32-19-5-3-2-4-17(19)13-25)18-12-23(29)28(14-18)22-11-16(24(26)30)8-9-27-22/h2-11,18H,12,14H2,1H3,(H2,26,30)/t18-/m0/s1. The van der Waals surface area contributed by atoms with Crippen LogP contribution in [0.15, 0.2) is 60.8 Å². The minimum atomic E-state index is -0.577. The summed E-state index contributed by atoms with van der Waals surface area (Å²) in [4.78, 5) is 29.9. The second-order valence-corrected chi connectivity index (χ2v) is 7.29. The first-order valence-corrected chi connectivity index (χ1v) is 9.91. The van der Waals surface area contributed by atoms with Crippen molar-refractivity contribution in [2.75, 3.05) is 18.6 Å². The van der Waals surface area contributed by atoms with E-state index in [2.05, 4.69) is 11.1 Å². The van der Waals surface area contributed by atoms with E-state index in [4.69, 9.17) is 15.2 Å². The zero-order chi connectivity index (χ0) is 22.7. The number of primary amides is 1. The van der Waals surface area contributed by atoms with Gasteiger partial charge in [-0.1, -0.05) is 18.2 Å². The number of methoxy groups -OCH3 is 1. The second kappa shape index (κ2) is 8.78. The van der Waals surface area contributed by atoms with Crippen molar-refractivity contribution in [3.8, 4) is 23.3 Å². The van der Waals surface area contributed by atoms with E-state index in [9.17, 15) is 14.9 Å². The Morgan fingerprint density at radius 3 is 2.72 bits per heavy atom. The predicted octanol–water partition coefficient (Wildman–Crippen LogP) is 3.37. The molecule has 0 bridgehead atoms. The number of amides is 2. The Kier molecular flexibility index (Phi) is 5.73. The number of aromatic nitrogens is 1. The van der Waals surface area contributed by atoms with Gasteiger partial charge in [0.1, 0.15) is 17.6 Å². The monoisotopic (exact) mass is 428 g/mol. The summed E-state index contributed by atoms with van der Waals surface area (Å²) < 4.78 is 11.4. The zero-order valence-corrected chi connectivity index (χ0v) is 17.3. The Balaban J connectivity index is 1.61. The van der Waals surface area contributed by atoms with Crippen LogP contribution in [-0.4, -0.2) is 30.5 Å². The van der Waals surface area contributed by atoms with Crippen molar-refractivity contribution >= 4 is 17.6 Å². The number of hydrogen-bond donors (Lipinski definition) is 1. The summed E-state index contributed by atoms with van der Waals surface area (Å²) in [5.41, 5.74) is 6.93. The van der Waals surface area contributed by atoms with Crippen LogP contribution >= 0.6 is 0 Å². The molecule has 3 aromatic rings. The van der Waals surface area contributed by atoms with Crippen molar-refractivity contribution in [3.05, 3.63) is 77.5 Å². The highest BCUT2D eigenvalue weighted by Gasteiger charge is 2.33. The Bertz CT molecular complexity index is 1230. The van der Waals surface area contributed by atoms with Gasteiger partial charge in [0, 0.05) is 30.6 Å². The van der Waals surface area contributed by atoms with Gasteiger partial charge in [-0.15, -0.1) is 0 Å². The molecule has 32 heavy (non-hydrogen) atoms. The number of carbonyl (C=O) groups excluding carboxylic acids is 2. The Labute approximate surface area is 184 Å². The molecule has 1 aliphatic heterocycles. The first-order chi connectivity index (χ1) is 15.5. The lowest BCUT2D eigenvalue weighted by atomic mass is 9.98. The number of rotatable bonds is 6. The summed E-state index contributed by atoms with van der Waals surface area (Å²) in [5.74, 6) is 0.986. The van der Waals surface area contributed by atoms with Crippen LogP contribution in [0.5, 0.6) is 17.2 Å². The summed E-state index contributed by atoms with van der Waals surface area (Å²) in [6.45, 7) is 0.397. The minimum absolute atomic E-state index is 0.0998. The third-order valence-electron chi connectivity index (χ3n) is 5.32. The van der Waals surface area contributed by atoms with Gasteiger partial charge in [-0.3, -0.25) is 14.5 Å². The summed E-state index contributed by atoms with van der Waals surface area (Å²) in [6, 6.07) is 17.6. The average molecular weight is 428 g/mol. The van der Waals surface area contributed by atoms with Crippen molar-refractivity contribution < 1.29 is 19.1 Å². The topological polar surface area (TPSA) is 119 Å². The second-order valence-electron chi connectivity index (χ2n) is 7.29. The van der Waals surface area contributed by atoms with Gasteiger partial charge in [0.25, 0.3) is 0 Å². The van der Waals surface area contributed by atoms with Gasteiger partial charge in [0.05, 0.1) is 12.7 Å². The van der Waals surface area contributed by atoms with E-state index in [0.717, 1.165) is 5.56 Å². The van der Waals surface area contributed by atoms with Crippen LogP contribution < -0.4 is 20.1 Å². The van der Waals surface area contributed by atoms with Crippen LogP contribution in [0.2, 0.25) is 0 Å². The molecular formula is C24H20N4O4. The maximum atomic E-state index is 12.7. The van der Waals surface area contributed by atoms with Crippen LogP contribution in [0.1, 0.15) is 33.8 Å². The van der Waals surface area contributed by atoms with Crippen LogP contribution in [0, 0.1) is 11.3 Å². The number of benzene rings is 2. The van der Waals surface area contributed by atoms with E-state index in [-0.39, 0.29) is 18.2 Å². The molecule has 0 spiro atoms. The third kappa shape index (κ3) is 4.09. The van der Waals surface area contributed by atoms with Gasteiger partial charge in [0.2, 0.25) is 11.8 Å². The molecule has 0 radical (unpaired) electrons. The summed E-state index contributed by atoms with van der Waals surface area (Å²) in [6.07, 6.45) is 1.74. The number of pyridine rings is 1. The van der Waals surface area contributed by atoms with Crippen molar-refractivity contribution in [1.29, 1.82) is 5.26 Å². The number of ether oxygens (including phenoxy) is 2. The van der Waals surface area contributed by atoms with Gasteiger partial charge in [-0.25, -0.2) is 4.98 Å². The number of nitriles is 1. The smallest absolute Gasteiger partial charge is 0.248 e. The van der Waals surface area contributed by atoms with E-state index in [1.54, 1.807) is 35.2 Å². The number of para-hydroxylation sites is 1. The van der Waals surface area contributed by atoms with Gasteiger partial charge < -0.3 is 15.2 Å². The first kappa shape index (κ1) is 20.9. The lowest BCUT2D eigenvalue weighted by Crippen LogP contribution is -2.26. The normalized spacial score (nSPS) is 15.3. The van der Waals surface area contributed by atoms with Crippen LogP contribution in [-0.2, 0) is 4.79 Å². The van der Waals surface area contributed by atoms with Gasteiger partial charge >= 0.3 is 0 Å². The molecule has 8 nitrogen and oxygen atoms in total. The number of anilines is 1. The van der Waals surface area contributed by atoms with Crippen molar-refractivity contribution in [3.63, 3.8) is 0 Å². The SMILES string of the molecule is COc1ccc([C@H]2CC(=O)N(c3cc(C(N)=O)ccn3)C2)cc1Oc1ccccc1C#N. The molecule has 1 saturated heterocycles. The molecule has 8 heteroatoms. The van der Waals surface area contributed by atoms with E-state index in [1.807, 2.05) is 12.1 Å². The van der Waals surface area contributed by atoms with Gasteiger partial charge in [-0.2, -0.15) is 5.26 Å². The summed E-state index contributed by atoms with van der Waals surface area (Å²) in [7, 11) is 1.54. The van der Waals surface area contributed by atoms with Gasteiger partial charge in [-0.05, 0) is 42.0 Å². The fourth-order valence-electron chi connectivity index (χ4n) is 3.67. The molecule has 1 fully saturated rings. The Morgan fingerprint density at radius 2 is 1.97 bits per heavy atom. The molecule has 0 saturated carbocycles. The third-order valence-corrected chi connectivity index (χ3v) is 5.32. The zero-order valence-electron chi connectivity index (χ0n) is 17.3. The predicted molar refractivity (Wildman–Crippen MR) is 117 cm³/mol. The van der Waals surface area contributed by atoms with Crippen LogP contribution in [0.4, 0.5) is 5.82 Å². The highest BCUT2D eigenvalue weighted by atomic mass is 16.5. The maximum absolute atomic E-state index is 12.7. The molecule has 0 aliphatic carbocycles. The lowest BCUT2D eigenvalue weighted by Gasteiger charge is -2.17. The molecular weight excluding hydrogens is 408 g/mol. The quantitative estimate of drug-likeness (QED) is 0.643. The number of hydrogen-bond acceptors (Lipinski definition) is 6. The molecule has 1 aromatic heterocycles. The van der Waals surface area contributed by atoms with E-state index >= 15 is 0 Å². The number of nitrogens with two attached hydrogens (primary N) is 1. The highest BCUT2D eigenvalue weighted by Crippen LogP contribution is 2.38. The minimum Gasteiger partial charge on any atom is -0.493 e. The first-order valence-electron chi connectivity index (χ1n) is 9.91. The largest absolute Gasteiger partial charge is 0.493 e. The van der Waals surface area contributed by atoms with Crippen LogP contribution in [0.3, 0.4) is 0 Å². The summed E-state index contributed by atoms with van der Waals surface area (Å²) >= 11 is 0. The van der Waals surface area contributed by atoms with E-state index < -0.39 is 5.91 Å². The number of carbonyl (C=O) groups is 2. The van der Waals surface area contributed by atoms with Crippen molar-refractivity contribution in [2.45, 2.75) is 12.3 Å². The maximum Gasteiger partial charge on any atom is 0.248 e. The fourth-order valence-corrected chi connectivity index (χ4v) is 3.67. The summed E-state index contributed by atoms with van der Waals surface area (Å²) in [5, 5.41) is 9.33. The molecule has 1 atom stereocenters. The average Bonchev–Trinajstić information content (AvgIpc) is 3.21. The van der Waals surface area contributed by atoms with E-state index in [1.165, 1.54) is 25.4 Å². The molecule has 0 unspecified atom stereocenters. The van der Waals surface area contributed by atoms with Crippen LogP contribution in [0.25, 0.3) is 0 Å². The fraction of sp³-hybridized carbons (Fsp3) is 0.167. The van der Waals surface area contributed by atoms with Crippen molar-refractivity contribution in [2.24, 2.45) is 5.73 Å².